The van der Waals surface area contributed by atoms with Gasteiger partial charge in [0.05, 0.1) is 37.6 Å². The smallest absolute Gasteiger partial charge is 0.187 e. The maximum absolute atomic E-state index is 14.3. The van der Waals surface area contributed by atoms with E-state index in [-0.39, 0.29) is 46.7 Å². The Labute approximate surface area is 316 Å². The van der Waals surface area contributed by atoms with Gasteiger partial charge in [0.15, 0.2) is 18.4 Å². The van der Waals surface area contributed by atoms with Crippen molar-refractivity contribution in [2.24, 2.45) is 46.3 Å². The Balaban J connectivity index is 0.976. The number of Topliss-reactive ketones (excluding diaryl/α,β-unsaturated/α-hetero) is 1. The van der Waals surface area contributed by atoms with Gasteiger partial charge in [-0.25, -0.2) is 0 Å². The fourth-order valence-electron chi connectivity index (χ4n) is 12.8. The number of aliphatic hydroxyl groups excluding tert-OH is 7. The van der Waals surface area contributed by atoms with Gasteiger partial charge in [0.1, 0.15) is 54.1 Å². The maximum atomic E-state index is 14.3. The van der Waals surface area contributed by atoms with Crippen molar-refractivity contribution in [2.75, 3.05) is 13.2 Å². The molecule has 4 saturated heterocycles. The molecule has 308 valence electrons. The first-order valence-corrected chi connectivity index (χ1v) is 20.3. The molecule has 4 saturated carbocycles. The van der Waals surface area contributed by atoms with Crippen LogP contribution in [0, 0.1) is 46.3 Å². The first-order chi connectivity index (χ1) is 25.4. The van der Waals surface area contributed by atoms with E-state index in [0.29, 0.717) is 45.1 Å². The summed E-state index contributed by atoms with van der Waals surface area (Å²) in [5, 5.41) is 86.4. The van der Waals surface area contributed by atoms with E-state index in [2.05, 4.69) is 13.8 Å². The third-order valence-electron chi connectivity index (χ3n) is 16.3. The molecule has 8 fully saturated rings. The van der Waals surface area contributed by atoms with Crippen LogP contribution in [0.2, 0.25) is 0 Å². The zero-order chi connectivity index (χ0) is 38.9. The zero-order valence-corrected chi connectivity index (χ0v) is 32.0. The second kappa shape index (κ2) is 13.9. The van der Waals surface area contributed by atoms with Crippen LogP contribution in [-0.2, 0) is 33.2 Å². The average molecular weight is 771 g/mol. The fraction of sp³-hybridized carbons (Fsp3) is 0.974. The van der Waals surface area contributed by atoms with Crippen LogP contribution in [0.15, 0.2) is 0 Å². The highest BCUT2D eigenvalue weighted by atomic mass is 16.8. The fourth-order valence-corrected chi connectivity index (χ4v) is 12.8. The van der Waals surface area contributed by atoms with Gasteiger partial charge in [-0.05, 0) is 68.6 Å². The Morgan fingerprint density at radius 2 is 1.57 bits per heavy atom. The Bertz CT molecular complexity index is 1420. The summed E-state index contributed by atoms with van der Waals surface area (Å²) in [5.41, 5.74) is -1.97. The van der Waals surface area contributed by atoms with Crippen LogP contribution in [0.5, 0.6) is 0 Å². The monoisotopic (exact) mass is 770 g/mol. The molecule has 0 bridgehead atoms. The number of aliphatic hydroxyl groups is 8. The summed E-state index contributed by atoms with van der Waals surface area (Å²) < 4.78 is 36.9. The molecule has 8 N–H and O–H groups in total. The second-order valence-electron chi connectivity index (χ2n) is 18.8. The highest BCUT2D eigenvalue weighted by molar-refractivity contribution is 5.83. The van der Waals surface area contributed by atoms with E-state index in [0.717, 1.165) is 12.8 Å². The minimum absolute atomic E-state index is 0.00968. The van der Waals surface area contributed by atoms with Crippen molar-refractivity contribution >= 4 is 5.78 Å². The molecule has 0 amide bonds. The van der Waals surface area contributed by atoms with Crippen LogP contribution in [0.4, 0.5) is 0 Å². The van der Waals surface area contributed by atoms with Crippen LogP contribution in [0.1, 0.15) is 86.0 Å². The van der Waals surface area contributed by atoms with Gasteiger partial charge in [-0.3, -0.25) is 4.79 Å². The van der Waals surface area contributed by atoms with Crippen LogP contribution in [-0.4, -0.2) is 151 Å². The molecule has 0 aromatic rings. The number of rotatable bonds is 5. The van der Waals surface area contributed by atoms with Crippen molar-refractivity contribution in [2.45, 2.75) is 177 Å². The number of hydrogen-bond acceptors (Lipinski definition) is 15. The van der Waals surface area contributed by atoms with E-state index in [1.807, 2.05) is 13.8 Å². The summed E-state index contributed by atoms with van der Waals surface area (Å²) in [6, 6.07) is 0. The van der Waals surface area contributed by atoms with Crippen molar-refractivity contribution in [3.63, 3.8) is 0 Å². The lowest BCUT2D eigenvalue weighted by Gasteiger charge is -2.61. The lowest BCUT2D eigenvalue weighted by molar-refractivity contribution is -0.370. The average Bonchev–Trinajstić information content (AvgIpc) is 3.49. The zero-order valence-electron chi connectivity index (χ0n) is 32.0. The van der Waals surface area contributed by atoms with Crippen LogP contribution in [0.3, 0.4) is 0 Å². The maximum Gasteiger partial charge on any atom is 0.187 e. The molecule has 0 aromatic carbocycles. The Morgan fingerprint density at radius 3 is 2.28 bits per heavy atom. The minimum Gasteiger partial charge on any atom is -0.394 e. The molecular weight excluding hydrogens is 708 g/mol. The molecule has 4 aliphatic heterocycles. The van der Waals surface area contributed by atoms with Crippen molar-refractivity contribution in [1.29, 1.82) is 0 Å². The summed E-state index contributed by atoms with van der Waals surface area (Å²) in [6.45, 7) is 9.60. The molecule has 23 atom stereocenters. The van der Waals surface area contributed by atoms with Crippen LogP contribution < -0.4 is 0 Å². The Hall–Kier alpha value is -0.890. The van der Waals surface area contributed by atoms with Gasteiger partial charge < -0.3 is 69.3 Å². The standard InChI is InChI=1S/C39H62O15/c1-16-15-49-38(13-25(16)42)18(3)39(48)27(54-38)12-22-20-11-24(41)23-10-19(6-8-36(23,4)21(20)7-9-37(22,39)5)51-35-33(31(46)29(44)26(14-40)52-35)53-34-32(47)30(45)28(43)17(2)50-34/h16-23,25-35,40,42-48H,6-15H2,1-5H3/t16-,17-,18+,19-,20?,21?,22?,23?,25?,26+,27?,28-,29+,30+,31-,32+,33+,34-,35+,36+,37-,38+,39+/m0/s1. The van der Waals surface area contributed by atoms with E-state index in [9.17, 15) is 45.6 Å². The van der Waals surface area contributed by atoms with Crippen molar-refractivity contribution < 1.29 is 74.1 Å². The first kappa shape index (κ1) is 39.9. The van der Waals surface area contributed by atoms with Crippen LogP contribution >= 0.6 is 0 Å². The number of fused-ring (bicyclic) bond motifs is 7. The summed E-state index contributed by atoms with van der Waals surface area (Å²) in [5.74, 6) is -1.16. The highest BCUT2D eigenvalue weighted by Crippen LogP contribution is 2.72. The molecule has 15 heteroatoms. The van der Waals surface area contributed by atoms with Crippen LogP contribution in [0.25, 0.3) is 0 Å². The van der Waals surface area contributed by atoms with Gasteiger partial charge in [0.2, 0.25) is 0 Å². The molecule has 6 unspecified atom stereocenters. The minimum atomic E-state index is -1.68. The van der Waals surface area contributed by atoms with Gasteiger partial charge in [-0.15, -0.1) is 0 Å². The lowest BCUT2D eigenvalue weighted by atomic mass is 9.43. The number of carbonyl (C=O) groups excluding carboxylic acids is 1. The molecule has 0 aromatic heterocycles. The summed E-state index contributed by atoms with van der Waals surface area (Å²) in [6.07, 6.45) is -11.1. The largest absolute Gasteiger partial charge is 0.394 e. The quantitative estimate of drug-likeness (QED) is 0.168. The number of ketones is 1. The van der Waals surface area contributed by atoms with Gasteiger partial charge in [-0.1, -0.05) is 27.7 Å². The summed E-state index contributed by atoms with van der Waals surface area (Å²) in [4.78, 5) is 14.3. The normalized spacial score (nSPS) is 60.1. The van der Waals surface area contributed by atoms with Crippen molar-refractivity contribution in [3.05, 3.63) is 0 Å². The first-order valence-electron chi connectivity index (χ1n) is 20.3. The summed E-state index contributed by atoms with van der Waals surface area (Å²) in [7, 11) is 0. The number of carbonyl (C=O) groups is 1. The van der Waals surface area contributed by atoms with E-state index in [1.54, 1.807) is 0 Å². The lowest BCUT2D eigenvalue weighted by Crippen LogP contribution is -2.64. The van der Waals surface area contributed by atoms with E-state index < -0.39 is 103 Å². The van der Waals surface area contributed by atoms with Gasteiger partial charge >= 0.3 is 0 Å². The molecule has 54 heavy (non-hydrogen) atoms. The highest BCUT2D eigenvalue weighted by Gasteiger charge is 2.77. The molecule has 15 nitrogen and oxygen atoms in total. The van der Waals surface area contributed by atoms with Gasteiger partial charge in [0.25, 0.3) is 0 Å². The molecule has 8 rings (SSSR count). The molecular formula is C39H62O15. The predicted molar refractivity (Wildman–Crippen MR) is 185 cm³/mol. The topological polar surface area (TPSA) is 234 Å². The van der Waals surface area contributed by atoms with E-state index in [1.165, 1.54) is 6.92 Å². The molecule has 1 spiro atoms. The molecule has 0 radical (unpaired) electrons. The second-order valence-corrected chi connectivity index (χ2v) is 18.8. The van der Waals surface area contributed by atoms with Crippen molar-refractivity contribution in [3.8, 4) is 0 Å². The molecule has 4 aliphatic carbocycles. The van der Waals surface area contributed by atoms with Gasteiger partial charge in [0, 0.05) is 36.0 Å². The van der Waals surface area contributed by atoms with E-state index >= 15 is 0 Å². The number of hydrogen-bond donors (Lipinski definition) is 8. The SMILES string of the molecule is C[C@@H]1O[C@@H](O[C@H]2[C@H](O[C@H]3CC[C@@]4(C)C(C3)C(=O)CC3C4CC[C@@]4(C)C3CC3O[C@]5(CC(O)[C@@H](C)CO5)[C@@H](C)[C@@]34O)O[C@H](CO)[C@@H](O)[C@@H]2O)[C@H](O)[C@H](O)[C@H]1O. The van der Waals surface area contributed by atoms with E-state index in [4.69, 9.17) is 28.4 Å². The van der Waals surface area contributed by atoms with Gasteiger partial charge in [-0.2, -0.15) is 0 Å². The Morgan fingerprint density at radius 1 is 0.833 bits per heavy atom. The van der Waals surface area contributed by atoms with Crippen molar-refractivity contribution in [1.82, 2.24) is 0 Å². The predicted octanol–water partition coefficient (Wildman–Crippen LogP) is -0.265. The summed E-state index contributed by atoms with van der Waals surface area (Å²) >= 11 is 0. The third kappa shape index (κ3) is 5.70. The molecule has 8 aliphatic rings. The number of ether oxygens (including phenoxy) is 6. The Kier molecular flexibility index (Phi) is 10.2. The third-order valence-corrected chi connectivity index (χ3v) is 16.3. The molecule has 4 heterocycles.